The van der Waals surface area contributed by atoms with Gasteiger partial charge in [-0.15, -0.1) is 0 Å². The summed E-state index contributed by atoms with van der Waals surface area (Å²) in [5.41, 5.74) is 0. The highest BCUT2D eigenvalue weighted by Gasteiger charge is 2.62. The molecule has 2 aliphatic heterocycles. The van der Waals surface area contributed by atoms with Gasteiger partial charge in [0.1, 0.15) is 0 Å². The van der Waals surface area contributed by atoms with Gasteiger partial charge in [-0.3, -0.25) is 4.79 Å². The highest BCUT2D eigenvalue weighted by molar-refractivity contribution is 5.82. The summed E-state index contributed by atoms with van der Waals surface area (Å²) in [5, 5.41) is 0. The maximum Gasteiger partial charge on any atom is 0.257 e. The van der Waals surface area contributed by atoms with Crippen LogP contribution in [0.5, 0.6) is 0 Å². The van der Waals surface area contributed by atoms with Crippen molar-refractivity contribution in [3.05, 3.63) is 0 Å². The van der Waals surface area contributed by atoms with Crippen LogP contribution in [0.2, 0.25) is 0 Å². The summed E-state index contributed by atoms with van der Waals surface area (Å²) in [6.45, 7) is 1.88. The molecule has 4 aliphatic rings. The first kappa shape index (κ1) is 11.1. The van der Waals surface area contributed by atoms with Gasteiger partial charge in [0, 0.05) is 30.8 Å². The Morgan fingerprint density at radius 2 is 1.67 bits per heavy atom. The van der Waals surface area contributed by atoms with Gasteiger partial charge in [-0.2, -0.15) is 0 Å². The van der Waals surface area contributed by atoms with Gasteiger partial charge in [-0.1, -0.05) is 0 Å². The van der Waals surface area contributed by atoms with Crippen LogP contribution in [0.15, 0.2) is 0 Å². The van der Waals surface area contributed by atoms with E-state index in [1.54, 1.807) is 4.90 Å². The third-order valence-corrected chi connectivity index (χ3v) is 5.38. The smallest absolute Gasteiger partial charge is 0.257 e. The Balaban J connectivity index is 1.47. The van der Waals surface area contributed by atoms with Gasteiger partial charge in [-0.25, -0.2) is 8.78 Å². The first-order chi connectivity index (χ1) is 8.59. The zero-order chi connectivity index (χ0) is 12.5. The molecule has 0 spiro atoms. The molecular weight excluding hydrogens is 240 g/mol. The Hall–Kier alpha value is -0.710. The second kappa shape index (κ2) is 3.44. The lowest BCUT2D eigenvalue weighted by atomic mass is 9.93. The number of hydrogen-bond donors (Lipinski definition) is 0. The van der Waals surface area contributed by atoms with E-state index in [0.717, 1.165) is 0 Å². The molecule has 5 heteroatoms. The van der Waals surface area contributed by atoms with Crippen LogP contribution in [-0.4, -0.2) is 43.0 Å². The van der Waals surface area contributed by atoms with E-state index in [1.165, 1.54) is 0 Å². The summed E-state index contributed by atoms with van der Waals surface area (Å²) >= 11 is 0. The number of halogens is 2. The number of amides is 1. The van der Waals surface area contributed by atoms with Gasteiger partial charge in [0.05, 0.1) is 13.2 Å². The highest BCUT2D eigenvalue weighted by Crippen LogP contribution is 2.54. The Bertz CT molecular complexity index is 374. The molecule has 4 rings (SSSR count). The van der Waals surface area contributed by atoms with Gasteiger partial charge < -0.3 is 9.64 Å². The number of fused-ring (bicyclic) bond motifs is 3. The number of carbonyl (C=O) groups is 1. The zero-order valence-corrected chi connectivity index (χ0v) is 10.1. The summed E-state index contributed by atoms with van der Waals surface area (Å²) < 4.78 is 32.8. The van der Waals surface area contributed by atoms with Crippen molar-refractivity contribution < 1.29 is 18.3 Å². The molecule has 0 radical (unpaired) electrons. The van der Waals surface area contributed by atoms with Crippen molar-refractivity contribution in [2.24, 2.45) is 29.6 Å². The van der Waals surface area contributed by atoms with E-state index in [4.69, 9.17) is 4.74 Å². The normalized spacial score (nSPS) is 48.1. The number of piperidine rings is 1. The Labute approximate surface area is 104 Å². The summed E-state index contributed by atoms with van der Waals surface area (Å²) in [6.07, 6.45) is 1.14. The van der Waals surface area contributed by atoms with Crippen molar-refractivity contribution in [1.29, 1.82) is 0 Å². The molecule has 2 saturated carbocycles. The van der Waals surface area contributed by atoms with Crippen molar-refractivity contribution >= 4 is 5.91 Å². The number of alkyl halides is 2. The van der Waals surface area contributed by atoms with Crippen LogP contribution < -0.4 is 0 Å². The van der Waals surface area contributed by atoms with E-state index in [2.05, 4.69) is 0 Å². The summed E-state index contributed by atoms with van der Waals surface area (Å²) in [7, 11) is 0. The van der Waals surface area contributed by atoms with Crippen LogP contribution in [0.4, 0.5) is 8.78 Å². The summed E-state index contributed by atoms with van der Waals surface area (Å²) in [6, 6.07) is 0. The number of nitrogens with zero attached hydrogens (tertiary/aromatic N) is 1. The number of rotatable bonds is 1. The first-order valence-electron chi connectivity index (χ1n) is 6.83. The fourth-order valence-corrected chi connectivity index (χ4v) is 4.15. The van der Waals surface area contributed by atoms with Crippen LogP contribution in [0.1, 0.15) is 12.8 Å². The van der Waals surface area contributed by atoms with Gasteiger partial charge in [0.25, 0.3) is 5.92 Å². The molecule has 3 nitrogen and oxygen atoms in total. The minimum Gasteiger partial charge on any atom is -0.381 e. The minimum atomic E-state index is -2.54. The van der Waals surface area contributed by atoms with Crippen molar-refractivity contribution in [2.45, 2.75) is 18.8 Å². The molecule has 3 unspecified atom stereocenters. The molecule has 2 saturated heterocycles. The Morgan fingerprint density at radius 1 is 1.11 bits per heavy atom. The second-order valence-electron chi connectivity index (χ2n) is 6.28. The van der Waals surface area contributed by atoms with Crippen molar-refractivity contribution in [3.63, 3.8) is 0 Å². The molecule has 5 atom stereocenters. The van der Waals surface area contributed by atoms with E-state index < -0.39 is 17.8 Å². The van der Waals surface area contributed by atoms with Crippen LogP contribution in [0.3, 0.4) is 0 Å². The van der Waals surface area contributed by atoms with Gasteiger partial charge in [0.15, 0.2) is 0 Å². The molecule has 0 N–H and O–H groups in total. The van der Waals surface area contributed by atoms with E-state index in [1.807, 2.05) is 0 Å². The minimum absolute atomic E-state index is 0.0740. The van der Waals surface area contributed by atoms with E-state index >= 15 is 0 Å². The molecule has 0 aromatic rings. The fourth-order valence-electron chi connectivity index (χ4n) is 4.15. The largest absolute Gasteiger partial charge is 0.381 e. The van der Waals surface area contributed by atoms with E-state index in [0.29, 0.717) is 37.9 Å². The monoisotopic (exact) mass is 257 g/mol. The van der Waals surface area contributed by atoms with Crippen LogP contribution in [0, 0.1) is 29.6 Å². The van der Waals surface area contributed by atoms with Gasteiger partial charge in [0.2, 0.25) is 5.91 Å². The molecule has 18 heavy (non-hydrogen) atoms. The fraction of sp³-hybridized carbons (Fsp3) is 0.923. The standard InChI is InChI=1S/C13H17F2NO2/c14-13(15)7-1-2-8(13)4-16(3-7)12(17)11-9-5-18-6-10(9)11/h7-11H,1-6H2/t7?,8?,9-,10+,11?. The maximum atomic E-state index is 13.8. The lowest BCUT2D eigenvalue weighted by Crippen LogP contribution is -2.51. The van der Waals surface area contributed by atoms with Gasteiger partial charge >= 0.3 is 0 Å². The number of ether oxygens (including phenoxy) is 1. The quantitative estimate of drug-likeness (QED) is 0.710. The Morgan fingerprint density at radius 3 is 2.22 bits per heavy atom. The predicted octanol–water partition coefficient (Wildman–Crippen LogP) is 1.38. The molecule has 0 aromatic heterocycles. The van der Waals surface area contributed by atoms with Crippen LogP contribution in [0.25, 0.3) is 0 Å². The van der Waals surface area contributed by atoms with Crippen molar-refractivity contribution in [3.8, 4) is 0 Å². The average Bonchev–Trinajstić information content (AvgIpc) is 2.81. The molecule has 1 amide bonds. The third-order valence-electron chi connectivity index (χ3n) is 5.38. The lowest BCUT2D eigenvalue weighted by molar-refractivity contribution is -0.151. The van der Waals surface area contributed by atoms with Crippen LogP contribution in [-0.2, 0) is 9.53 Å². The predicted molar refractivity (Wildman–Crippen MR) is 59.0 cm³/mol. The molecule has 2 bridgehead atoms. The highest BCUT2D eigenvalue weighted by atomic mass is 19.3. The van der Waals surface area contributed by atoms with Crippen LogP contribution >= 0.6 is 0 Å². The Kier molecular flexibility index (Phi) is 2.13. The first-order valence-corrected chi connectivity index (χ1v) is 6.83. The van der Waals surface area contributed by atoms with Crippen molar-refractivity contribution in [2.75, 3.05) is 26.3 Å². The number of carbonyl (C=O) groups excluding carboxylic acids is 1. The van der Waals surface area contributed by atoms with E-state index in [9.17, 15) is 13.6 Å². The van der Waals surface area contributed by atoms with Crippen molar-refractivity contribution in [1.82, 2.24) is 4.90 Å². The topological polar surface area (TPSA) is 29.5 Å². The molecule has 100 valence electrons. The summed E-state index contributed by atoms with van der Waals surface area (Å²) in [4.78, 5) is 14.0. The molecule has 4 fully saturated rings. The van der Waals surface area contributed by atoms with Gasteiger partial charge in [-0.05, 0) is 24.7 Å². The third kappa shape index (κ3) is 1.34. The number of likely N-dealkylation sites (tertiary alicyclic amines) is 1. The SMILES string of the molecule is O=C(C1[C@H]2COC[C@@H]12)N1CC2CCC(C1)C2(F)F. The molecular formula is C13H17F2NO2. The molecule has 2 aliphatic carbocycles. The second-order valence-corrected chi connectivity index (χ2v) is 6.28. The lowest BCUT2D eigenvalue weighted by Gasteiger charge is -2.38. The molecule has 0 aromatic carbocycles. The zero-order valence-electron chi connectivity index (χ0n) is 10.1. The molecule has 2 heterocycles. The number of hydrogen-bond acceptors (Lipinski definition) is 2. The maximum absolute atomic E-state index is 13.8. The summed E-state index contributed by atoms with van der Waals surface area (Å²) in [5.74, 6) is -2.81. The van der Waals surface area contributed by atoms with E-state index in [-0.39, 0.29) is 24.9 Å². The average molecular weight is 257 g/mol.